The second-order valence-electron chi connectivity index (χ2n) is 4.91. The van der Waals surface area contributed by atoms with Crippen molar-refractivity contribution < 1.29 is 23.2 Å². The van der Waals surface area contributed by atoms with Crippen molar-refractivity contribution in [2.75, 3.05) is 18.1 Å². The van der Waals surface area contributed by atoms with Crippen molar-refractivity contribution >= 4 is 32.1 Å². The molecule has 0 saturated carbocycles. The zero-order valence-electron chi connectivity index (χ0n) is 11.0. The minimum atomic E-state index is -3.12. The average Bonchev–Trinajstić information content (AvgIpc) is 2.94. The Hall–Kier alpha value is -1.52. The standard InChI is InChI=1S/C11H14N2O6S2/c14-11(15)5-12(9-1-2-21(18,19)7-9)4-8-3-10(13(16)17)20-6-8/h3,6,9H,1-2,4-5,7H2,(H,14,15). The fourth-order valence-electron chi connectivity index (χ4n) is 2.33. The van der Waals surface area contributed by atoms with Crippen molar-refractivity contribution in [3.8, 4) is 0 Å². The van der Waals surface area contributed by atoms with Crippen LogP contribution in [0.25, 0.3) is 0 Å². The van der Waals surface area contributed by atoms with E-state index in [1.54, 1.807) is 10.3 Å². The van der Waals surface area contributed by atoms with Crippen molar-refractivity contribution in [2.24, 2.45) is 0 Å². The average molecular weight is 334 g/mol. The SMILES string of the molecule is O=C(O)CN(Cc1csc([N+](=O)[O-])c1)C1CCS(=O)(=O)C1. The van der Waals surface area contributed by atoms with Gasteiger partial charge in [0.05, 0.1) is 23.0 Å². The van der Waals surface area contributed by atoms with Crippen molar-refractivity contribution in [1.29, 1.82) is 0 Å². The van der Waals surface area contributed by atoms with E-state index in [-0.39, 0.29) is 35.6 Å². The molecule has 2 heterocycles. The van der Waals surface area contributed by atoms with Gasteiger partial charge >= 0.3 is 11.0 Å². The quantitative estimate of drug-likeness (QED) is 0.602. The summed E-state index contributed by atoms with van der Waals surface area (Å²) < 4.78 is 23.0. The van der Waals surface area contributed by atoms with Gasteiger partial charge in [-0.05, 0) is 12.0 Å². The fraction of sp³-hybridized carbons (Fsp3) is 0.545. The first-order valence-electron chi connectivity index (χ1n) is 6.15. The minimum absolute atomic E-state index is 0.0145. The fourth-order valence-corrected chi connectivity index (χ4v) is 4.81. The van der Waals surface area contributed by atoms with Gasteiger partial charge in [0.2, 0.25) is 0 Å². The van der Waals surface area contributed by atoms with E-state index >= 15 is 0 Å². The maximum Gasteiger partial charge on any atom is 0.324 e. The first-order valence-corrected chi connectivity index (χ1v) is 8.85. The molecule has 1 unspecified atom stereocenters. The molecular formula is C11H14N2O6S2. The van der Waals surface area contributed by atoms with Crippen LogP contribution in [0, 0.1) is 10.1 Å². The number of nitrogens with zero attached hydrogens (tertiary/aromatic N) is 2. The van der Waals surface area contributed by atoms with Gasteiger partial charge in [-0.1, -0.05) is 11.3 Å². The number of sulfone groups is 1. The highest BCUT2D eigenvalue weighted by Crippen LogP contribution is 2.26. The van der Waals surface area contributed by atoms with Crippen molar-refractivity contribution in [2.45, 2.75) is 19.0 Å². The predicted molar refractivity (Wildman–Crippen MR) is 76.1 cm³/mol. The van der Waals surface area contributed by atoms with Crippen molar-refractivity contribution in [3.05, 3.63) is 27.1 Å². The van der Waals surface area contributed by atoms with Crippen LogP contribution >= 0.6 is 11.3 Å². The van der Waals surface area contributed by atoms with Gasteiger partial charge in [-0.3, -0.25) is 19.8 Å². The Morgan fingerprint density at radius 3 is 2.76 bits per heavy atom. The van der Waals surface area contributed by atoms with Gasteiger partial charge in [-0.25, -0.2) is 8.42 Å². The Morgan fingerprint density at radius 1 is 1.57 bits per heavy atom. The van der Waals surface area contributed by atoms with E-state index in [9.17, 15) is 23.3 Å². The number of hydrogen-bond acceptors (Lipinski definition) is 7. The molecule has 1 N–H and O–H groups in total. The molecular weight excluding hydrogens is 320 g/mol. The van der Waals surface area contributed by atoms with E-state index in [4.69, 9.17) is 5.11 Å². The predicted octanol–water partition coefficient (Wildman–Crippen LogP) is 0.730. The number of aliphatic carboxylic acids is 1. The smallest absolute Gasteiger partial charge is 0.324 e. The molecule has 1 saturated heterocycles. The normalized spacial score (nSPS) is 20.7. The van der Waals surface area contributed by atoms with Crippen LogP contribution in [0.15, 0.2) is 11.4 Å². The van der Waals surface area contributed by atoms with Gasteiger partial charge in [0.25, 0.3) is 0 Å². The van der Waals surface area contributed by atoms with Gasteiger partial charge in [0.1, 0.15) is 0 Å². The molecule has 1 aliphatic heterocycles. The van der Waals surface area contributed by atoms with Gasteiger partial charge in [-0.15, -0.1) is 0 Å². The monoisotopic (exact) mass is 334 g/mol. The summed E-state index contributed by atoms with van der Waals surface area (Å²) >= 11 is 0.969. The molecule has 1 aromatic heterocycles. The molecule has 0 aromatic carbocycles. The Labute approximate surface area is 125 Å². The van der Waals surface area contributed by atoms with Crippen molar-refractivity contribution in [3.63, 3.8) is 0 Å². The lowest BCUT2D eigenvalue weighted by molar-refractivity contribution is -0.380. The Bertz CT molecular complexity index is 653. The summed E-state index contributed by atoms with van der Waals surface area (Å²) in [7, 11) is -3.12. The Morgan fingerprint density at radius 2 is 2.29 bits per heavy atom. The van der Waals surface area contributed by atoms with Crippen molar-refractivity contribution in [1.82, 2.24) is 4.90 Å². The molecule has 8 nitrogen and oxygen atoms in total. The van der Waals surface area contributed by atoms with Gasteiger partial charge in [-0.2, -0.15) is 0 Å². The highest BCUT2D eigenvalue weighted by molar-refractivity contribution is 7.91. The lowest BCUT2D eigenvalue weighted by Crippen LogP contribution is -2.39. The Balaban J connectivity index is 2.12. The maximum atomic E-state index is 11.5. The van der Waals surface area contributed by atoms with E-state index < -0.39 is 20.7 Å². The summed E-state index contributed by atoms with van der Waals surface area (Å²) in [5.74, 6) is -1.06. The number of rotatable bonds is 6. The molecule has 21 heavy (non-hydrogen) atoms. The number of thiophene rings is 1. The van der Waals surface area contributed by atoms with E-state index in [0.29, 0.717) is 12.0 Å². The number of carboxylic acid groups (broad SMARTS) is 1. The van der Waals surface area contributed by atoms with Gasteiger partial charge < -0.3 is 5.11 Å². The zero-order valence-corrected chi connectivity index (χ0v) is 12.6. The number of carbonyl (C=O) groups is 1. The molecule has 1 fully saturated rings. The van der Waals surface area contributed by atoms with Crippen LogP contribution in [0.3, 0.4) is 0 Å². The first kappa shape index (κ1) is 15.9. The summed E-state index contributed by atoms with van der Waals surface area (Å²) in [6.07, 6.45) is 0.391. The lowest BCUT2D eigenvalue weighted by atomic mass is 10.2. The molecule has 0 bridgehead atoms. The highest BCUT2D eigenvalue weighted by Gasteiger charge is 2.33. The van der Waals surface area contributed by atoms with Crippen LogP contribution in [0.2, 0.25) is 0 Å². The van der Waals surface area contributed by atoms with Crippen LogP contribution in [-0.2, 0) is 21.2 Å². The molecule has 10 heteroatoms. The molecule has 1 atom stereocenters. The third kappa shape index (κ3) is 4.22. The van der Waals surface area contributed by atoms with Crippen LogP contribution < -0.4 is 0 Å². The summed E-state index contributed by atoms with van der Waals surface area (Å²) in [5, 5.41) is 21.2. The van der Waals surface area contributed by atoms with Crippen LogP contribution in [0.5, 0.6) is 0 Å². The molecule has 116 valence electrons. The first-order chi connectivity index (χ1) is 9.77. The molecule has 1 aromatic rings. The van der Waals surface area contributed by atoms with E-state index in [1.807, 2.05) is 0 Å². The van der Waals surface area contributed by atoms with Crippen LogP contribution in [0.4, 0.5) is 5.00 Å². The van der Waals surface area contributed by atoms with Crippen LogP contribution in [0.1, 0.15) is 12.0 Å². The summed E-state index contributed by atoms with van der Waals surface area (Å²) in [5.41, 5.74) is 0.622. The summed E-state index contributed by atoms with van der Waals surface area (Å²) in [6.45, 7) is -0.0966. The highest BCUT2D eigenvalue weighted by atomic mass is 32.2. The van der Waals surface area contributed by atoms with E-state index in [2.05, 4.69) is 0 Å². The third-order valence-electron chi connectivity index (χ3n) is 3.27. The minimum Gasteiger partial charge on any atom is -0.480 e. The number of nitro groups is 1. The molecule has 0 radical (unpaired) electrons. The third-order valence-corrected chi connectivity index (χ3v) is 5.95. The topological polar surface area (TPSA) is 118 Å². The summed E-state index contributed by atoms with van der Waals surface area (Å²) in [6, 6.07) is 1.04. The van der Waals surface area contributed by atoms with E-state index in [1.165, 1.54) is 6.07 Å². The lowest BCUT2D eigenvalue weighted by Gasteiger charge is -2.25. The largest absolute Gasteiger partial charge is 0.480 e. The second-order valence-corrected chi connectivity index (χ2v) is 8.02. The van der Waals surface area contributed by atoms with Gasteiger partial charge in [0, 0.05) is 24.0 Å². The number of carboxylic acids is 1. The van der Waals surface area contributed by atoms with E-state index in [0.717, 1.165) is 11.3 Å². The van der Waals surface area contributed by atoms with Gasteiger partial charge in [0.15, 0.2) is 9.84 Å². The maximum absolute atomic E-state index is 11.5. The molecule has 0 aliphatic carbocycles. The second kappa shape index (κ2) is 6.08. The summed E-state index contributed by atoms with van der Waals surface area (Å²) in [4.78, 5) is 22.6. The number of hydrogen-bond donors (Lipinski definition) is 1. The van der Waals surface area contributed by atoms with Crippen LogP contribution in [-0.4, -0.2) is 53.4 Å². The molecule has 1 aliphatic rings. The molecule has 0 amide bonds. The Kier molecular flexibility index (Phi) is 4.59. The zero-order chi connectivity index (χ0) is 15.6. The molecule has 0 spiro atoms. The molecule has 2 rings (SSSR count).